The first-order valence-electron chi connectivity index (χ1n) is 30.5. The molecule has 0 saturated heterocycles. The number of thiophene rings is 1. The van der Waals surface area contributed by atoms with Crippen LogP contribution in [0, 0.1) is 28.5 Å². The van der Waals surface area contributed by atoms with Gasteiger partial charge in [-0.1, -0.05) is 103 Å². The maximum Gasteiger partial charge on any atom is 0.203 e. The Morgan fingerprint density at radius 1 is 0.485 bits per heavy atom. The van der Waals surface area contributed by atoms with Crippen LogP contribution in [0.3, 0.4) is 0 Å². The van der Waals surface area contributed by atoms with E-state index in [9.17, 15) is 21.2 Å². The summed E-state index contributed by atoms with van der Waals surface area (Å²) in [4.78, 5) is 23.2. The maximum atomic E-state index is 13.5. The fourth-order valence-electron chi connectivity index (χ4n) is 11.7. The van der Waals surface area contributed by atoms with Crippen molar-refractivity contribution in [1.29, 1.82) is 10.5 Å². The molecule has 6 aromatic carbocycles. The van der Waals surface area contributed by atoms with Crippen molar-refractivity contribution in [3.8, 4) is 61.7 Å². The number of nitriles is 2. The average molecular weight is 1450 g/mol. The number of ether oxygens (including phenoxy) is 1. The summed E-state index contributed by atoms with van der Waals surface area (Å²) >= 11 is 7.83. The largest absolute Gasteiger partial charge is 0.497 e. The number of guanidine groups is 4. The highest BCUT2D eigenvalue weighted by molar-refractivity contribution is 7.99. The Morgan fingerprint density at radius 3 is 1.22 bits per heavy atom. The van der Waals surface area contributed by atoms with Crippen LogP contribution in [0.2, 0.25) is 4.34 Å². The van der Waals surface area contributed by atoms with E-state index in [0.29, 0.717) is 27.0 Å². The van der Waals surface area contributed by atoms with Crippen LogP contribution in [0.5, 0.6) is 5.75 Å². The number of aromatic nitrogens is 1. The molecule has 4 aliphatic rings. The molecule has 27 heteroatoms. The zero-order valence-corrected chi connectivity index (χ0v) is 61.2. The van der Waals surface area contributed by atoms with E-state index < -0.39 is 61.0 Å². The van der Waals surface area contributed by atoms with Gasteiger partial charge >= 0.3 is 0 Å². The van der Waals surface area contributed by atoms with E-state index in [0.717, 1.165) is 71.8 Å². The lowest BCUT2D eigenvalue weighted by atomic mass is 9.91. The third-order valence-corrected chi connectivity index (χ3v) is 27.7. The number of halogens is 2. The molecule has 6 heterocycles. The minimum absolute atomic E-state index is 0.172. The van der Waals surface area contributed by atoms with E-state index in [1.54, 1.807) is 59.7 Å². The molecule has 20 nitrogen and oxygen atoms in total. The highest BCUT2D eigenvalue weighted by atomic mass is 35.5. The highest BCUT2D eigenvalue weighted by Crippen LogP contribution is 2.44. The third-order valence-electron chi connectivity index (χ3n) is 17.5. The van der Waals surface area contributed by atoms with Crippen LogP contribution < -0.4 is 27.7 Å². The van der Waals surface area contributed by atoms with Crippen molar-refractivity contribution >= 4 is 109 Å². The molecular weight excluding hydrogens is 1370 g/mol. The summed E-state index contributed by atoms with van der Waals surface area (Å²) < 4.78 is 76.2. The van der Waals surface area contributed by atoms with Gasteiger partial charge in [0.05, 0.1) is 107 Å². The minimum Gasteiger partial charge on any atom is -0.497 e. The Bertz CT molecular complexity index is 5170. The van der Waals surface area contributed by atoms with Crippen molar-refractivity contribution in [2.75, 3.05) is 58.3 Å². The Hall–Kier alpha value is -9.67. The van der Waals surface area contributed by atoms with Crippen LogP contribution in [0.1, 0.15) is 61.1 Å². The number of nitrogens with two attached hydrogens (primary N) is 4. The zero-order valence-electron chi connectivity index (χ0n) is 56.4. The smallest absolute Gasteiger partial charge is 0.203 e. The van der Waals surface area contributed by atoms with Crippen LogP contribution in [0.15, 0.2) is 190 Å². The van der Waals surface area contributed by atoms with E-state index in [-0.39, 0.29) is 41.2 Å². The second-order valence-corrected chi connectivity index (χ2v) is 36.4. The van der Waals surface area contributed by atoms with Crippen molar-refractivity contribution in [3.05, 3.63) is 214 Å². The van der Waals surface area contributed by atoms with Gasteiger partial charge in [-0.15, -0.1) is 11.3 Å². The zero-order chi connectivity index (χ0) is 72.4. The maximum absolute atomic E-state index is 13.5. The molecule has 8 aromatic rings. The van der Waals surface area contributed by atoms with E-state index in [2.05, 4.69) is 66.6 Å². The number of benzene rings is 6. The van der Waals surface area contributed by atoms with Crippen LogP contribution in [-0.4, -0.2) is 145 Å². The van der Waals surface area contributed by atoms with Crippen molar-refractivity contribution in [1.82, 2.24) is 22.2 Å². The van der Waals surface area contributed by atoms with Gasteiger partial charge in [0.1, 0.15) is 23.2 Å². The van der Waals surface area contributed by atoms with Crippen molar-refractivity contribution in [2.45, 2.75) is 49.9 Å². The van der Waals surface area contributed by atoms with Crippen molar-refractivity contribution < 1.29 is 26.0 Å². The van der Waals surface area contributed by atoms with Crippen LogP contribution in [0.25, 0.3) is 43.8 Å². The minimum atomic E-state index is -2.58. The van der Waals surface area contributed by atoms with Gasteiger partial charge in [0.25, 0.3) is 0 Å². The number of pyridine rings is 1. The lowest BCUT2D eigenvalue weighted by Gasteiger charge is -2.37. The van der Waals surface area contributed by atoms with Gasteiger partial charge < -0.3 is 27.7 Å². The fourth-order valence-corrected chi connectivity index (χ4v) is 19.9. The van der Waals surface area contributed by atoms with Gasteiger partial charge in [0.2, 0.25) is 23.8 Å². The highest BCUT2D eigenvalue weighted by Gasteiger charge is 2.42. The molecule has 516 valence electrons. The van der Waals surface area contributed by atoms with Gasteiger partial charge in [0.15, 0.2) is 0 Å². The predicted octanol–water partition coefficient (Wildman–Crippen LogP) is 9.84. The number of methoxy groups -OCH3 is 1. The first-order chi connectivity index (χ1) is 46.4. The van der Waals surface area contributed by atoms with E-state index in [1.165, 1.54) is 46.9 Å². The topological polar surface area (TPSA) is 304 Å². The summed E-state index contributed by atoms with van der Waals surface area (Å²) in [5.41, 5.74) is 31.9. The summed E-state index contributed by atoms with van der Waals surface area (Å²) in [5, 5.41) is 18.1. The molecule has 2 aromatic heterocycles. The summed E-state index contributed by atoms with van der Waals surface area (Å²) in [6.45, 7) is 7.60. The quantitative estimate of drug-likeness (QED) is 0.0982. The second kappa shape index (κ2) is 28.3. The van der Waals surface area contributed by atoms with Crippen LogP contribution in [0.4, 0.5) is 4.39 Å². The molecule has 0 radical (unpaired) electrons. The second-order valence-electron chi connectivity index (χ2n) is 25.2. The SMILES string of the molecule is C=S1(=O)C[C@@](C)(c2cc(-c3cncc(C#N)c3)sc2Cl)N=C(N)N1C.C=S1(=O)C[C@@](C)(c2cccc(-c3cccc(C#N)c3)c2)N=C(N)N1C.C=S1(=O)C[C@@](C)(c2cccc(-c3cccc(F)c3)c2)N=C(N)N1C.C=S1(=O)C[C@@](C)(c2cccc(-c3cccc(OC)c3)c2)N=C(N)N1C. The Balaban J connectivity index is 0.000000154. The summed E-state index contributed by atoms with van der Waals surface area (Å²) in [6, 6.07) is 53.2. The lowest BCUT2D eigenvalue weighted by Crippen LogP contribution is -2.50. The van der Waals surface area contributed by atoms with Crippen molar-refractivity contribution in [2.24, 2.45) is 42.9 Å². The number of nitrogens with zero attached hydrogens (tertiary/aromatic N) is 11. The Labute approximate surface area is 590 Å². The van der Waals surface area contributed by atoms with Gasteiger partial charge in [-0.3, -0.25) is 22.2 Å². The molecule has 8 N–H and O–H groups in total. The standard InChI is InChI=1S/C19H20N4OS.C19H23N3O2S.C18H20FN3OS.C16H16ClN5OS2/c1-19(13-25(3,24)23(2)18(21)22-19)17-9-5-8-16(11-17)15-7-4-6-14(10-15)12-20;1-19(13-25(4,23)22(2)18(20)21-19)16-9-5-7-14(11-16)15-8-6-10-17(12-15)24-3;1-18(12-24(3,23)22(2)17(20)21-18)15-8-4-6-13(10-15)14-7-5-9-16(19)11-14;1-16(9-25(3,23)22(2)15(19)21-16)12-5-13(24-14(12)17)11-4-10(6-18)7-20-8-11/h4-11H,3,13H2,1-2H3,(H2,21,22);5-12H,4,13H2,1-3H3,(H2,20,21);4-11H,3,12H2,1-2H3,(H2,20,21);4-5,7-8H,3,9H2,1-2H3,(H2,19,21)/t2*19-,25?;18-,24?;16-,25?/m0000/s1. The van der Waals surface area contributed by atoms with Crippen LogP contribution >= 0.6 is 22.9 Å². The summed E-state index contributed by atoms with van der Waals surface area (Å²) in [5.74, 6) is 17.8. The molecule has 12 rings (SSSR count). The van der Waals surface area contributed by atoms with E-state index >= 15 is 0 Å². The molecule has 99 heavy (non-hydrogen) atoms. The van der Waals surface area contributed by atoms with E-state index in [1.807, 2.05) is 149 Å². The van der Waals surface area contributed by atoms with Gasteiger partial charge in [-0.05, 0) is 168 Å². The molecule has 4 aliphatic heterocycles. The lowest BCUT2D eigenvalue weighted by molar-refractivity contribution is 0.415. The molecule has 8 atom stereocenters. The van der Waals surface area contributed by atoms with Gasteiger partial charge in [-0.2, -0.15) is 10.5 Å². The monoisotopic (exact) mass is 1450 g/mol. The third kappa shape index (κ3) is 16.1. The molecule has 0 spiro atoms. The Morgan fingerprint density at radius 2 is 0.828 bits per heavy atom. The average Bonchev–Trinajstić information content (AvgIpc) is 1.62. The molecule has 0 fully saturated rings. The number of hydrogen-bond donors (Lipinski definition) is 4. The molecule has 0 saturated carbocycles. The Kier molecular flexibility index (Phi) is 21.0. The first kappa shape index (κ1) is 73.6. The van der Waals surface area contributed by atoms with E-state index in [4.69, 9.17) is 49.8 Å². The number of hydrogen-bond acceptors (Lipinski definition) is 17. The molecule has 0 bridgehead atoms. The molecule has 0 aliphatic carbocycles. The first-order valence-corrected chi connectivity index (χ1v) is 39.1. The molecule has 0 amide bonds. The fraction of sp³-hybridized carbons (Fsp3) is 0.236. The normalized spacial score (nSPS) is 26.3. The number of rotatable bonds is 9. The molecular formula is C72H79ClFN15O5S5. The summed E-state index contributed by atoms with van der Waals surface area (Å²) in [7, 11) is -1.91. The van der Waals surface area contributed by atoms with Gasteiger partial charge in [-0.25, -0.2) is 41.2 Å². The molecule has 4 unspecified atom stereocenters. The summed E-state index contributed by atoms with van der Waals surface area (Å²) in [6.07, 6.45) is 3.17. The number of aliphatic imine (C=N–C) groups is 4. The predicted molar refractivity (Wildman–Crippen MR) is 412 cm³/mol. The van der Waals surface area contributed by atoms with Crippen LogP contribution in [-0.2, 0) is 61.0 Å². The van der Waals surface area contributed by atoms with Crippen molar-refractivity contribution in [3.63, 3.8) is 0 Å². The van der Waals surface area contributed by atoms with Gasteiger partial charge in [0, 0.05) is 56.6 Å².